The molecule has 2 aliphatic rings. The molecule has 1 aromatic heterocycles. The number of aromatic nitrogens is 2. The molecule has 1 saturated carbocycles. The first-order valence-electron chi connectivity index (χ1n) is 7.78. The second-order valence-corrected chi connectivity index (χ2v) is 7.01. The van der Waals surface area contributed by atoms with E-state index in [9.17, 15) is 9.50 Å². The average Bonchev–Trinajstić information content (AvgIpc) is 3.18. The van der Waals surface area contributed by atoms with E-state index in [1.54, 1.807) is 16.9 Å². The fraction of sp³-hybridized carbons (Fsp3) is 0.562. The van der Waals surface area contributed by atoms with Crippen molar-refractivity contribution in [2.75, 3.05) is 13.2 Å². The number of fused-ring (bicyclic) bond motifs is 1. The van der Waals surface area contributed by atoms with Gasteiger partial charge in [0.1, 0.15) is 5.82 Å². The van der Waals surface area contributed by atoms with Crippen molar-refractivity contribution in [1.82, 2.24) is 9.78 Å². The van der Waals surface area contributed by atoms with Gasteiger partial charge >= 0.3 is 0 Å². The molecule has 22 heavy (non-hydrogen) atoms. The van der Waals surface area contributed by atoms with Gasteiger partial charge in [-0.25, -0.2) is 9.07 Å². The van der Waals surface area contributed by atoms with E-state index in [1.807, 2.05) is 0 Å². The molecule has 3 atom stereocenters. The summed E-state index contributed by atoms with van der Waals surface area (Å²) in [6, 6.07) is 1.56. The molecule has 2 fully saturated rings. The summed E-state index contributed by atoms with van der Waals surface area (Å²) in [6.07, 6.45) is 5.60. The van der Waals surface area contributed by atoms with Crippen LogP contribution in [-0.4, -0.2) is 28.1 Å². The SMILES string of the molecule is OC[C@@H]1C[C@@H]1c1c(F)cc2c(cnn2C2CCCCO2)c1Br. The first-order valence-corrected chi connectivity index (χ1v) is 8.57. The van der Waals surface area contributed by atoms with Crippen molar-refractivity contribution < 1.29 is 14.2 Å². The van der Waals surface area contributed by atoms with Crippen molar-refractivity contribution >= 4 is 26.8 Å². The van der Waals surface area contributed by atoms with Crippen LogP contribution < -0.4 is 0 Å². The van der Waals surface area contributed by atoms with Gasteiger partial charge in [0.25, 0.3) is 0 Å². The van der Waals surface area contributed by atoms with Crippen molar-refractivity contribution in [2.24, 2.45) is 5.92 Å². The Kier molecular flexibility index (Phi) is 3.71. The summed E-state index contributed by atoms with van der Waals surface area (Å²) in [6.45, 7) is 0.845. The number of ether oxygens (including phenoxy) is 1. The molecule has 6 heteroatoms. The van der Waals surface area contributed by atoms with E-state index in [-0.39, 0.29) is 30.5 Å². The molecule has 2 heterocycles. The zero-order valence-corrected chi connectivity index (χ0v) is 13.7. The third kappa shape index (κ3) is 2.28. The minimum absolute atomic E-state index is 0.102. The maximum Gasteiger partial charge on any atom is 0.150 e. The summed E-state index contributed by atoms with van der Waals surface area (Å²) in [7, 11) is 0. The quantitative estimate of drug-likeness (QED) is 0.897. The highest BCUT2D eigenvalue weighted by Gasteiger charge is 2.41. The summed E-state index contributed by atoms with van der Waals surface area (Å²) in [5, 5.41) is 14.6. The van der Waals surface area contributed by atoms with E-state index in [4.69, 9.17) is 4.74 Å². The Hall–Kier alpha value is -0.980. The number of aliphatic hydroxyl groups excluding tert-OH is 1. The number of hydrogen-bond acceptors (Lipinski definition) is 3. The summed E-state index contributed by atoms with van der Waals surface area (Å²) >= 11 is 3.55. The molecule has 1 N–H and O–H groups in total. The van der Waals surface area contributed by atoms with Crippen LogP contribution in [0.2, 0.25) is 0 Å². The van der Waals surface area contributed by atoms with Crippen molar-refractivity contribution in [3.63, 3.8) is 0 Å². The van der Waals surface area contributed by atoms with Crippen molar-refractivity contribution in [3.8, 4) is 0 Å². The topological polar surface area (TPSA) is 47.3 Å². The Labute approximate surface area is 136 Å². The van der Waals surface area contributed by atoms with Crippen LogP contribution in [0.15, 0.2) is 16.7 Å². The molecule has 1 aliphatic carbocycles. The highest BCUT2D eigenvalue weighted by atomic mass is 79.9. The first-order chi connectivity index (χ1) is 10.7. The van der Waals surface area contributed by atoms with Crippen LogP contribution in [-0.2, 0) is 4.74 Å². The lowest BCUT2D eigenvalue weighted by molar-refractivity contribution is -0.0366. The second-order valence-electron chi connectivity index (χ2n) is 6.21. The predicted molar refractivity (Wildman–Crippen MR) is 84.2 cm³/mol. The molecule has 118 valence electrons. The van der Waals surface area contributed by atoms with Gasteiger partial charge in [0.05, 0.1) is 11.7 Å². The van der Waals surface area contributed by atoms with Gasteiger partial charge < -0.3 is 9.84 Å². The average molecular weight is 369 g/mol. The summed E-state index contributed by atoms with van der Waals surface area (Å²) in [5.41, 5.74) is 1.44. The fourth-order valence-electron chi connectivity index (χ4n) is 3.42. The minimum atomic E-state index is -0.224. The number of nitrogens with zero attached hydrogens (tertiary/aromatic N) is 2. The van der Waals surface area contributed by atoms with Crippen molar-refractivity contribution in [3.05, 3.63) is 28.1 Å². The Morgan fingerprint density at radius 2 is 2.32 bits per heavy atom. The molecule has 0 amide bonds. The van der Waals surface area contributed by atoms with E-state index in [2.05, 4.69) is 21.0 Å². The molecule has 1 aromatic carbocycles. The molecule has 2 aromatic rings. The zero-order chi connectivity index (χ0) is 15.3. The van der Waals surface area contributed by atoms with E-state index in [0.717, 1.165) is 47.7 Å². The minimum Gasteiger partial charge on any atom is -0.396 e. The van der Waals surface area contributed by atoms with Crippen molar-refractivity contribution in [1.29, 1.82) is 0 Å². The van der Waals surface area contributed by atoms with Crippen LogP contribution in [0.1, 0.15) is 43.4 Å². The monoisotopic (exact) mass is 368 g/mol. The molecular weight excluding hydrogens is 351 g/mol. The summed E-state index contributed by atoms with van der Waals surface area (Å²) in [5.74, 6) is 0.0657. The number of benzene rings is 1. The third-order valence-corrected chi connectivity index (χ3v) is 5.64. The maximum absolute atomic E-state index is 14.6. The van der Waals surface area contributed by atoms with E-state index in [1.165, 1.54) is 0 Å². The highest BCUT2D eigenvalue weighted by Crippen LogP contribution is 2.51. The molecule has 0 spiro atoms. The number of rotatable bonds is 3. The van der Waals surface area contributed by atoms with Crippen molar-refractivity contribution in [2.45, 2.75) is 37.8 Å². The second kappa shape index (κ2) is 5.58. The number of halogens is 2. The van der Waals surface area contributed by atoms with Gasteiger partial charge in [-0.1, -0.05) is 0 Å². The molecule has 1 unspecified atom stereocenters. The predicted octanol–water partition coefficient (Wildman–Crippen LogP) is 3.73. The lowest BCUT2D eigenvalue weighted by atomic mass is 10.1. The number of aliphatic hydroxyl groups is 1. The van der Waals surface area contributed by atoms with Crippen LogP contribution >= 0.6 is 15.9 Å². The van der Waals surface area contributed by atoms with E-state index in [0.29, 0.717) is 5.56 Å². The largest absolute Gasteiger partial charge is 0.396 e. The third-order valence-electron chi connectivity index (χ3n) is 4.78. The van der Waals surface area contributed by atoms with Crippen LogP contribution in [0.3, 0.4) is 0 Å². The van der Waals surface area contributed by atoms with Gasteiger partial charge in [0.15, 0.2) is 6.23 Å². The summed E-state index contributed by atoms with van der Waals surface area (Å²) in [4.78, 5) is 0. The first kappa shape index (κ1) is 14.6. The van der Waals surface area contributed by atoms with Gasteiger partial charge in [-0.3, -0.25) is 0 Å². The zero-order valence-electron chi connectivity index (χ0n) is 12.1. The Balaban J connectivity index is 1.77. The van der Waals surface area contributed by atoms with Crippen LogP contribution in [0.5, 0.6) is 0 Å². The number of hydrogen-bond donors (Lipinski definition) is 1. The Bertz CT molecular complexity index is 712. The molecule has 1 aliphatic heterocycles. The standard InChI is InChI=1S/C16H18BrFN2O2/c17-16-11-7-19-20(14-3-1-2-4-22-14)13(11)6-12(18)15(16)10-5-9(10)8-21/h6-7,9-10,14,21H,1-5,8H2/t9-,10-,14?/m0/s1. The normalized spacial score (nSPS) is 28.2. The molecule has 4 rings (SSSR count). The highest BCUT2D eigenvalue weighted by molar-refractivity contribution is 9.10. The van der Waals surface area contributed by atoms with E-state index < -0.39 is 0 Å². The Morgan fingerprint density at radius 1 is 1.45 bits per heavy atom. The lowest BCUT2D eigenvalue weighted by Gasteiger charge is -2.23. The van der Waals surface area contributed by atoms with Gasteiger partial charge in [-0.15, -0.1) is 0 Å². The molecule has 4 nitrogen and oxygen atoms in total. The lowest BCUT2D eigenvalue weighted by Crippen LogP contribution is -2.19. The van der Waals surface area contributed by atoms with Crippen LogP contribution in [0.4, 0.5) is 4.39 Å². The molecule has 0 bridgehead atoms. The summed E-state index contributed by atoms with van der Waals surface area (Å²) < 4.78 is 22.9. The van der Waals surface area contributed by atoms with E-state index >= 15 is 0 Å². The Morgan fingerprint density at radius 3 is 3.00 bits per heavy atom. The van der Waals surface area contributed by atoms with Gasteiger partial charge in [0, 0.05) is 34.7 Å². The maximum atomic E-state index is 14.6. The van der Waals surface area contributed by atoms with Crippen LogP contribution in [0.25, 0.3) is 10.9 Å². The van der Waals surface area contributed by atoms with Gasteiger partial charge in [-0.05, 0) is 53.4 Å². The van der Waals surface area contributed by atoms with Crippen LogP contribution in [0, 0.1) is 11.7 Å². The smallest absolute Gasteiger partial charge is 0.150 e. The van der Waals surface area contributed by atoms with Gasteiger partial charge in [-0.2, -0.15) is 5.10 Å². The molecule has 0 radical (unpaired) electrons. The molecular formula is C16H18BrFN2O2. The molecule has 1 saturated heterocycles. The fourth-order valence-corrected chi connectivity index (χ4v) is 4.21. The van der Waals surface area contributed by atoms with Gasteiger partial charge in [0.2, 0.25) is 0 Å².